The van der Waals surface area contributed by atoms with Gasteiger partial charge in [-0.15, -0.1) is 0 Å². The molecular weight excluding hydrogens is 542 g/mol. The van der Waals surface area contributed by atoms with E-state index in [0.29, 0.717) is 30.8 Å². The quantitative estimate of drug-likeness (QED) is 0.403. The van der Waals surface area contributed by atoms with Crippen molar-refractivity contribution in [1.82, 2.24) is 4.31 Å². The molecule has 9 heteroatoms. The third-order valence-corrected chi connectivity index (χ3v) is 16.2. The summed E-state index contributed by atoms with van der Waals surface area (Å²) in [6.45, 7) is 13.3. The van der Waals surface area contributed by atoms with Crippen LogP contribution in [-0.2, 0) is 19.9 Å². The van der Waals surface area contributed by atoms with Crippen LogP contribution < -0.4 is 9.47 Å². The average Bonchev–Trinajstić information content (AvgIpc) is 3.25. The van der Waals surface area contributed by atoms with E-state index in [4.69, 9.17) is 13.9 Å². The number of aliphatic hydroxyl groups is 1. The second kappa shape index (κ2) is 9.69. The van der Waals surface area contributed by atoms with Crippen LogP contribution >= 0.6 is 0 Å². The molecule has 1 N–H and O–H groups in total. The number of rotatable bonds is 8. The Morgan fingerprint density at radius 3 is 2.45 bits per heavy atom. The first-order chi connectivity index (χ1) is 18.6. The highest BCUT2D eigenvalue weighted by atomic mass is 32.2. The molecule has 3 aliphatic rings. The van der Waals surface area contributed by atoms with Crippen molar-refractivity contribution < 1.29 is 27.4 Å². The Labute approximate surface area is 240 Å². The standard InChI is InChI=1S/C31H43NO6SSi/c1-21-9-12-23(13-10-21)39(34,35)32(5)20-19-31-26-22-11-14-24(36-6)27(26)37-28(31)25(16-18-30(31,33)17-15-22)38-40(7,8)29(2,3)4/h9-15,17,25,28,33H,16,18-20H2,1-8H3/t25-,28+,30+,31+/m0/s1. The van der Waals surface area contributed by atoms with Crippen molar-refractivity contribution in [2.45, 2.75) is 93.2 Å². The van der Waals surface area contributed by atoms with E-state index in [0.717, 1.165) is 16.7 Å². The van der Waals surface area contributed by atoms with Crippen LogP contribution in [0.15, 0.2) is 47.4 Å². The fourth-order valence-corrected chi connectivity index (χ4v) is 8.91. The molecule has 1 heterocycles. The molecule has 0 aromatic heterocycles. The topological polar surface area (TPSA) is 85.3 Å². The lowest BCUT2D eigenvalue weighted by Gasteiger charge is -2.55. The minimum absolute atomic E-state index is 0.00296. The molecule has 1 aliphatic heterocycles. The van der Waals surface area contributed by atoms with Crippen LogP contribution in [0.2, 0.25) is 18.1 Å². The van der Waals surface area contributed by atoms with Crippen LogP contribution in [0.3, 0.4) is 0 Å². The van der Waals surface area contributed by atoms with E-state index in [1.54, 1.807) is 38.4 Å². The van der Waals surface area contributed by atoms with E-state index in [1.807, 2.05) is 31.2 Å². The van der Waals surface area contributed by atoms with Crippen molar-refractivity contribution in [2.24, 2.45) is 0 Å². The molecule has 0 amide bonds. The molecule has 2 aromatic rings. The molecule has 0 unspecified atom stereocenters. The number of hydrogen-bond donors (Lipinski definition) is 1. The maximum Gasteiger partial charge on any atom is 0.242 e. The van der Waals surface area contributed by atoms with Gasteiger partial charge in [0.15, 0.2) is 19.8 Å². The summed E-state index contributed by atoms with van der Waals surface area (Å²) in [4.78, 5) is 0.255. The van der Waals surface area contributed by atoms with Gasteiger partial charge in [-0.25, -0.2) is 12.7 Å². The number of sulfonamides is 1. The van der Waals surface area contributed by atoms with Gasteiger partial charge in [-0.2, -0.15) is 0 Å². The highest BCUT2D eigenvalue weighted by Gasteiger charge is 2.67. The highest BCUT2D eigenvalue weighted by Crippen LogP contribution is 2.63. The first-order valence-corrected chi connectivity index (χ1v) is 18.4. The average molecular weight is 586 g/mol. The SMILES string of the molecule is COc1ccc2c3c1O[C@@H]1[C@@H](O[Si](C)(C)C(C)(C)C)CC[C@](O)(C=C2)[C@]31CCN(C)S(=O)(=O)c1ccc(C)cc1. The van der Waals surface area contributed by atoms with Gasteiger partial charge in [-0.3, -0.25) is 0 Å². The summed E-state index contributed by atoms with van der Waals surface area (Å²) >= 11 is 0. The zero-order valence-corrected chi connectivity index (χ0v) is 26.8. The minimum Gasteiger partial charge on any atom is -0.493 e. The van der Waals surface area contributed by atoms with Crippen molar-refractivity contribution in [2.75, 3.05) is 20.7 Å². The summed E-state index contributed by atoms with van der Waals surface area (Å²) in [7, 11) is -2.69. The second-order valence-electron chi connectivity index (χ2n) is 13.2. The minimum atomic E-state index is -3.73. The summed E-state index contributed by atoms with van der Waals surface area (Å²) in [6.07, 6.45) is 4.61. The Balaban J connectivity index is 1.58. The molecule has 1 saturated carbocycles. The molecular formula is C31H43NO6SSi. The van der Waals surface area contributed by atoms with Crippen LogP contribution in [0.25, 0.3) is 6.08 Å². The number of nitrogens with zero attached hydrogens (tertiary/aromatic N) is 1. The van der Waals surface area contributed by atoms with E-state index in [-0.39, 0.29) is 22.6 Å². The van der Waals surface area contributed by atoms with E-state index in [9.17, 15) is 13.5 Å². The third kappa shape index (κ3) is 4.36. The molecule has 2 aromatic carbocycles. The van der Waals surface area contributed by atoms with E-state index in [2.05, 4.69) is 33.9 Å². The highest BCUT2D eigenvalue weighted by molar-refractivity contribution is 7.89. The van der Waals surface area contributed by atoms with Crippen molar-refractivity contribution in [3.05, 3.63) is 59.2 Å². The molecule has 1 fully saturated rings. The largest absolute Gasteiger partial charge is 0.493 e. The first kappa shape index (κ1) is 29.3. The predicted octanol–water partition coefficient (Wildman–Crippen LogP) is 5.66. The zero-order valence-electron chi connectivity index (χ0n) is 24.9. The van der Waals surface area contributed by atoms with Gasteiger partial charge < -0.3 is 19.0 Å². The Kier molecular flexibility index (Phi) is 7.11. The van der Waals surface area contributed by atoms with Gasteiger partial charge in [-0.1, -0.05) is 56.7 Å². The van der Waals surface area contributed by atoms with Crippen molar-refractivity contribution in [3.8, 4) is 11.5 Å². The second-order valence-corrected chi connectivity index (χ2v) is 20.0. The number of methoxy groups -OCH3 is 1. The lowest BCUT2D eigenvalue weighted by atomic mass is 9.54. The van der Waals surface area contributed by atoms with Gasteiger partial charge in [0.2, 0.25) is 10.0 Å². The fraction of sp³-hybridized carbons (Fsp3) is 0.548. The summed E-state index contributed by atoms with van der Waals surface area (Å²) in [6, 6.07) is 10.8. The van der Waals surface area contributed by atoms with Gasteiger partial charge in [0.1, 0.15) is 6.10 Å². The fourth-order valence-electron chi connectivity index (χ4n) is 6.38. The van der Waals surface area contributed by atoms with Gasteiger partial charge >= 0.3 is 0 Å². The van der Waals surface area contributed by atoms with Crippen molar-refractivity contribution >= 4 is 24.4 Å². The summed E-state index contributed by atoms with van der Waals surface area (Å²) in [5.41, 5.74) is 0.734. The van der Waals surface area contributed by atoms with Crippen LogP contribution in [0, 0.1) is 6.92 Å². The first-order valence-electron chi connectivity index (χ1n) is 14.1. The molecule has 5 rings (SSSR count). The molecule has 0 bridgehead atoms. The Hall–Kier alpha value is -2.17. The lowest BCUT2D eigenvalue weighted by molar-refractivity contribution is -0.121. The van der Waals surface area contributed by atoms with E-state index < -0.39 is 35.5 Å². The summed E-state index contributed by atoms with van der Waals surface area (Å²) in [5, 5.41) is 12.4. The number of aryl methyl sites for hydroxylation is 1. The van der Waals surface area contributed by atoms with E-state index in [1.165, 1.54) is 4.31 Å². The van der Waals surface area contributed by atoms with Gasteiger partial charge in [0.25, 0.3) is 0 Å². The normalized spacial score (nSPS) is 27.4. The Morgan fingerprint density at radius 2 is 1.82 bits per heavy atom. The van der Waals surface area contributed by atoms with Crippen molar-refractivity contribution in [1.29, 1.82) is 0 Å². The lowest BCUT2D eigenvalue weighted by Crippen LogP contribution is -2.66. The molecule has 4 atom stereocenters. The molecule has 0 saturated heterocycles. The zero-order chi connectivity index (χ0) is 29.3. The molecule has 7 nitrogen and oxygen atoms in total. The van der Waals surface area contributed by atoms with Crippen LogP contribution in [0.5, 0.6) is 11.5 Å². The third-order valence-electron chi connectivity index (χ3n) is 9.81. The number of ether oxygens (including phenoxy) is 2. The molecule has 0 radical (unpaired) electrons. The van der Waals surface area contributed by atoms with Crippen LogP contribution in [0.1, 0.15) is 56.7 Å². The van der Waals surface area contributed by atoms with E-state index >= 15 is 0 Å². The molecule has 0 spiro atoms. The van der Waals surface area contributed by atoms with Gasteiger partial charge in [-0.05, 0) is 68.1 Å². The number of hydrogen-bond acceptors (Lipinski definition) is 6. The molecule has 218 valence electrons. The maximum atomic E-state index is 13.5. The van der Waals surface area contributed by atoms with Gasteiger partial charge in [0.05, 0.1) is 29.1 Å². The van der Waals surface area contributed by atoms with Gasteiger partial charge in [0, 0.05) is 19.2 Å². The molecule has 40 heavy (non-hydrogen) atoms. The monoisotopic (exact) mass is 585 g/mol. The smallest absolute Gasteiger partial charge is 0.242 e. The Bertz CT molecular complexity index is 1430. The van der Waals surface area contributed by atoms with Crippen LogP contribution in [0.4, 0.5) is 0 Å². The summed E-state index contributed by atoms with van der Waals surface area (Å²) in [5.74, 6) is 1.24. The Morgan fingerprint density at radius 1 is 1.15 bits per heavy atom. The van der Waals surface area contributed by atoms with Crippen LogP contribution in [-0.4, -0.2) is 64.7 Å². The number of benzene rings is 2. The summed E-state index contributed by atoms with van der Waals surface area (Å²) < 4.78 is 48.0. The predicted molar refractivity (Wildman–Crippen MR) is 160 cm³/mol. The maximum absolute atomic E-state index is 13.5. The molecule has 2 aliphatic carbocycles. The van der Waals surface area contributed by atoms with Crippen molar-refractivity contribution in [3.63, 3.8) is 0 Å².